The first-order valence-electron chi connectivity index (χ1n) is 11.7. The molecule has 0 radical (unpaired) electrons. The van der Waals surface area contributed by atoms with Crippen LogP contribution in [0.4, 0.5) is 0 Å². The summed E-state index contributed by atoms with van der Waals surface area (Å²) in [4.78, 5) is 38.2. The van der Waals surface area contributed by atoms with E-state index in [2.05, 4.69) is 6.58 Å². The van der Waals surface area contributed by atoms with Crippen molar-refractivity contribution in [3.8, 4) is 0 Å². The summed E-state index contributed by atoms with van der Waals surface area (Å²) in [5, 5.41) is 11.7. The molecule has 37 heavy (non-hydrogen) atoms. The smallest absolute Gasteiger partial charge is 0.340 e. The first-order valence-corrected chi connectivity index (χ1v) is 11.7. The van der Waals surface area contributed by atoms with Crippen molar-refractivity contribution in [3.05, 3.63) is 120 Å². The molecule has 8 heteroatoms. The van der Waals surface area contributed by atoms with Gasteiger partial charge in [0.05, 0.1) is 16.7 Å². The van der Waals surface area contributed by atoms with E-state index in [1.165, 1.54) is 6.08 Å². The summed E-state index contributed by atoms with van der Waals surface area (Å²) in [5.41, 5.74) is -1.20. The quantitative estimate of drug-likeness (QED) is 0.266. The lowest BCUT2D eigenvalue weighted by Gasteiger charge is -2.31. The van der Waals surface area contributed by atoms with Crippen LogP contribution >= 0.6 is 0 Å². The number of carbonyl (C=O) groups is 3. The third-order valence-electron chi connectivity index (χ3n) is 5.86. The Hall–Kier alpha value is -4.27. The Morgan fingerprint density at radius 3 is 1.73 bits per heavy atom. The van der Waals surface area contributed by atoms with Crippen LogP contribution in [0.2, 0.25) is 0 Å². The lowest BCUT2D eigenvalue weighted by molar-refractivity contribution is -0.178. The van der Waals surface area contributed by atoms with E-state index in [9.17, 15) is 19.5 Å². The van der Waals surface area contributed by atoms with Gasteiger partial charge in [0, 0.05) is 6.42 Å². The van der Waals surface area contributed by atoms with E-state index in [4.69, 9.17) is 18.9 Å². The fourth-order valence-corrected chi connectivity index (χ4v) is 3.99. The van der Waals surface area contributed by atoms with Gasteiger partial charge in [-0.3, -0.25) is 0 Å². The number of carbonyl (C=O) groups excluding carboxylic acids is 3. The van der Waals surface area contributed by atoms with Crippen molar-refractivity contribution >= 4 is 17.9 Å². The minimum Gasteiger partial charge on any atom is -0.459 e. The molecule has 1 aliphatic heterocycles. The Morgan fingerprint density at radius 1 is 0.784 bits per heavy atom. The predicted octanol–water partition coefficient (Wildman–Crippen LogP) is 3.96. The molecule has 8 nitrogen and oxygen atoms in total. The molecule has 0 spiro atoms. The topological polar surface area (TPSA) is 108 Å². The van der Waals surface area contributed by atoms with Crippen molar-refractivity contribution < 1.29 is 38.4 Å². The summed E-state index contributed by atoms with van der Waals surface area (Å²) in [5.74, 6) is -2.11. The lowest BCUT2D eigenvalue weighted by Crippen LogP contribution is -2.51. The highest BCUT2D eigenvalue weighted by atomic mass is 16.7. The molecular weight excluding hydrogens is 476 g/mol. The van der Waals surface area contributed by atoms with Crippen LogP contribution in [0.3, 0.4) is 0 Å². The standard InChI is InChI=1S/C29H26O8/c1-2-18-29(33)24(36-26(31)21-14-8-4-9-15-21)23(19-34-25(30)20-12-6-3-7-13-20)35-28(29)37-27(32)22-16-10-5-11-17-22/h2-17,23-24,28,33H,1,18-19H2/t23?,24-,28?,29-/m1/s1. The molecule has 2 unspecified atom stereocenters. The van der Waals surface area contributed by atoms with E-state index < -0.39 is 42.0 Å². The third kappa shape index (κ3) is 5.94. The molecule has 0 bridgehead atoms. The SMILES string of the molecule is C=CC[C@]1(O)C(OC(=O)c2ccccc2)OC(COC(=O)c2ccccc2)[C@H]1OC(=O)c1ccccc1. The van der Waals surface area contributed by atoms with E-state index in [1.54, 1.807) is 91.0 Å². The van der Waals surface area contributed by atoms with Gasteiger partial charge >= 0.3 is 17.9 Å². The van der Waals surface area contributed by atoms with E-state index in [0.29, 0.717) is 5.56 Å². The zero-order valence-corrected chi connectivity index (χ0v) is 19.9. The van der Waals surface area contributed by atoms with Crippen LogP contribution in [-0.2, 0) is 18.9 Å². The fourth-order valence-electron chi connectivity index (χ4n) is 3.99. The first-order chi connectivity index (χ1) is 17.9. The van der Waals surface area contributed by atoms with Crippen molar-refractivity contribution in [2.24, 2.45) is 0 Å². The van der Waals surface area contributed by atoms with Crippen LogP contribution in [0.25, 0.3) is 0 Å². The molecule has 0 aromatic heterocycles. The summed E-state index contributed by atoms with van der Waals surface area (Å²) in [6.45, 7) is 3.29. The zero-order valence-electron chi connectivity index (χ0n) is 19.9. The van der Waals surface area contributed by atoms with Crippen LogP contribution < -0.4 is 0 Å². The van der Waals surface area contributed by atoms with Gasteiger partial charge in [0.1, 0.15) is 12.7 Å². The molecule has 3 aromatic carbocycles. The van der Waals surface area contributed by atoms with Gasteiger partial charge in [0.25, 0.3) is 0 Å². The Kier molecular flexibility index (Phi) is 8.12. The molecule has 1 aliphatic rings. The van der Waals surface area contributed by atoms with Gasteiger partial charge in [-0.2, -0.15) is 0 Å². The van der Waals surface area contributed by atoms with Gasteiger partial charge in [0.15, 0.2) is 11.7 Å². The molecule has 3 aromatic rings. The second kappa shape index (κ2) is 11.6. The van der Waals surface area contributed by atoms with Gasteiger partial charge < -0.3 is 24.1 Å². The van der Waals surface area contributed by atoms with E-state index in [-0.39, 0.29) is 24.2 Å². The van der Waals surface area contributed by atoms with Crippen molar-refractivity contribution in [2.75, 3.05) is 6.61 Å². The number of ether oxygens (including phenoxy) is 4. The van der Waals surface area contributed by atoms with Gasteiger partial charge in [-0.1, -0.05) is 60.7 Å². The second-order valence-corrected chi connectivity index (χ2v) is 8.42. The highest BCUT2D eigenvalue weighted by molar-refractivity contribution is 5.90. The van der Waals surface area contributed by atoms with Crippen molar-refractivity contribution in [3.63, 3.8) is 0 Å². The monoisotopic (exact) mass is 502 g/mol. The van der Waals surface area contributed by atoms with Crippen LogP contribution in [0, 0.1) is 0 Å². The van der Waals surface area contributed by atoms with Gasteiger partial charge in [-0.15, -0.1) is 6.58 Å². The van der Waals surface area contributed by atoms with E-state index >= 15 is 0 Å². The lowest BCUT2D eigenvalue weighted by atomic mass is 9.91. The Morgan fingerprint density at radius 2 is 1.24 bits per heavy atom. The molecule has 4 atom stereocenters. The van der Waals surface area contributed by atoms with Crippen molar-refractivity contribution in [1.29, 1.82) is 0 Å². The van der Waals surface area contributed by atoms with E-state index in [0.717, 1.165) is 0 Å². The summed E-state index contributed by atoms with van der Waals surface area (Å²) in [6.07, 6.45) is -2.77. The maximum absolute atomic E-state index is 12.9. The molecular formula is C29H26O8. The minimum absolute atomic E-state index is 0.143. The molecule has 0 saturated carbocycles. The fraction of sp³-hybridized carbons (Fsp3) is 0.207. The van der Waals surface area contributed by atoms with Crippen LogP contribution in [-0.4, -0.2) is 53.7 Å². The third-order valence-corrected chi connectivity index (χ3v) is 5.86. The molecule has 0 amide bonds. The normalized spacial score (nSPS) is 22.6. The van der Waals surface area contributed by atoms with Crippen LogP contribution in [0.1, 0.15) is 37.5 Å². The van der Waals surface area contributed by atoms with Crippen LogP contribution in [0.5, 0.6) is 0 Å². The number of esters is 3. The maximum atomic E-state index is 12.9. The second-order valence-electron chi connectivity index (χ2n) is 8.42. The number of rotatable bonds is 9. The zero-order chi connectivity index (χ0) is 26.3. The number of aliphatic hydroxyl groups is 1. The highest BCUT2D eigenvalue weighted by Crippen LogP contribution is 2.38. The summed E-state index contributed by atoms with van der Waals surface area (Å²) in [6, 6.07) is 24.7. The van der Waals surface area contributed by atoms with Crippen molar-refractivity contribution in [2.45, 2.75) is 30.5 Å². The number of hydrogen-bond acceptors (Lipinski definition) is 8. The molecule has 1 fully saturated rings. The molecule has 1 heterocycles. The Balaban J connectivity index is 1.59. The van der Waals surface area contributed by atoms with Crippen molar-refractivity contribution in [1.82, 2.24) is 0 Å². The van der Waals surface area contributed by atoms with Gasteiger partial charge in [0.2, 0.25) is 6.29 Å². The maximum Gasteiger partial charge on any atom is 0.340 e. The Labute approximate surface area is 214 Å². The van der Waals surface area contributed by atoms with Gasteiger partial charge in [-0.05, 0) is 36.4 Å². The van der Waals surface area contributed by atoms with Gasteiger partial charge in [-0.25, -0.2) is 14.4 Å². The first kappa shape index (κ1) is 25.8. The average Bonchev–Trinajstić information content (AvgIpc) is 3.18. The number of benzene rings is 3. The molecule has 1 N–H and O–H groups in total. The minimum atomic E-state index is -2.00. The summed E-state index contributed by atoms with van der Waals surface area (Å²) < 4.78 is 22.5. The van der Waals surface area contributed by atoms with E-state index in [1.807, 2.05) is 0 Å². The molecule has 190 valence electrons. The average molecular weight is 503 g/mol. The molecule has 1 saturated heterocycles. The molecule has 0 aliphatic carbocycles. The summed E-state index contributed by atoms with van der Waals surface area (Å²) >= 11 is 0. The Bertz CT molecular complexity index is 1230. The highest BCUT2D eigenvalue weighted by Gasteiger charge is 2.60. The van der Waals surface area contributed by atoms with Crippen LogP contribution in [0.15, 0.2) is 104 Å². The largest absolute Gasteiger partial charge is 0.459 e. The summed E-state index contributed by atoms with van der Waals surface area (Å²) in [7, 11) is 0. The predicted molar refractivity (Wildman–Crippen MR) is 133 cm³/mol. The number of hydrogen-bond donors (Lipinski definition) is 1. The molecule has 4 rings (SSSR count).